The van der Waals surface area contributed by atoms with Crippen LogP contribution in [0.2, 0.25) is 40.2 Å². The zero-order valence-electron chi connectivity index (χ0n) is 16.5. The van der Waals surface area contributed by atoms with Crippen LogP contribution in [0.25, 0.3) is 22.3 Å². The van der Waals surface area contributed by atoms with Gasteiger partial charge in [-0.1, -0.05) is 153 Å². The zero-order chi connectivity index (χ0) is 23.4. The Hall–Kier alpha value is -0.840. The Bertz CT molecular complexity index is 1150. The fourth-order valence-corrected chi connectivity index (χ4v) is 4.62. The lowest BCUT2D eigenvalue weighted by Gasteiger charge is -2.09. The number of hydrogen-bond donors (Lipinski definition) is 0. The molecule has 0 heterocycles. The zero-order valence-corrected chi connectivity index (χ0v) is 22.5. The van der Waals surface area contributed by atoms with Gasteiger partial charge in [-0.3, -0.25) is 0 Å². The van der Waals surface area contributed by atoms with Gasteiger partial charge in [-0.25, -0.2) is 0 Å². The van der Waals surface area contributed by atoms with E-state index in [2.05, 4.69) is 0 Å². The van der Waals surface area contributed by atoms with Crippen molar-refractivity contribution in [3.8, 4) is 22.3 Å². The van der Waals surface area contributed by atoms with Crippen LogP contribution in [-0.2, 0) is 0 Å². The largest absolute Gasteiger partial charge is 0.412 e. The highest BCUT2D eigenvalue weighted by atomic mass is 35.5. The van der Waals surface area contributed by atoms with Gasteiger partial charge in [0, 0.05) is 11.1 Å². The highest BCUT2D eigenvalue weighted by molar-refractivity contribution is 6.53. The van der Waals surface area contributed by atoms with Crippen LogP contribution in [0.1, 0.15) is 0 Å². The van der Waals surface area contributed by atoms with Gasteiger partial charge in [-0.2, -0.15) is 0 Å². The van der Waals surface area contributed by atoms with Gasteiger partial charge in [-0.05, 0) is 23.3 Å². The molecule has 33 heavy (non-hydrogen) atoms. The molecule has 2 N–H and O–H groups in total. The molecule has 0 bridgehead atoms. The summed E-state index contributed by atoms with van der Waals surface area (Å²) < 4.78 is 0. The summed E-state index contributed by atoms with van der Waals surface area (Å²) in [6.07, 6.45) is 0. The van der Waals surface area contributed by atoms with Crippen LogP contribution in [0.3, 0.4) is 0 Å². The van der Waals surface area contributed by atoms with Crippen molar-refractivity contribution in [2.75, 3.05) is 0 Å². The van der Waals surface area contributed by atoms with Crippen molar-refractivity contribution in [3.05, 3.63) is 113 Å². The lowest BCUT2D eigenvalue weighted by molar-refractivity contribution is 0.824. The standard InChI is InChI=1S/2C12H6Cl4.H2O/c2*13-9-6-8(7-4-2-1-3-5-7)10(14)12(16)11(9)15;/h2*1-6H;1H2. The van der Waals surface area contributed by atoms with E-state index in [1.165, 1.54) is 0 Å². The molecular weight excluding hydrogens is 588 g/mol. The van der Waals surface area contributed by atoms with E-state index in [0.29, 0.717) is 20.1 Å². The van der Waals surface area contributed by atoms with E-state index in [0.717, 1.165) is 22.3 Å². The van der Waals surface area contributed by atoms with E-state index in [1.807, 2.05) is 60.7 Å². The minimum absolute atomic E-state index is 0. The molecule has 0 aromatic heterocycles. The molecule has 0 saturated carbocycles. The smallest absolute Gasteiger partial charge is 0.0800 e. The van der Waals surface area contributed by atoms with Crippen LogP contribution in [0.5, 0.6) is 0 Å². The fraction of sp³-hybridized carbons (Fsp3) is 0. The molecule has 0 aliphatic heterocycles. The molecule has 1 nitrogen and oxygen atoms in total. The Kier molecular flexibility index (Phi) is 11.0. The van der Waals surface area contributed by atoms with E-state index in [4.69, 9.17) is 92.8 Å². The van der Waals surface area contributed by atoms with Crippen LogP contribution in [0, 0.1) is 0 Å². The molecular formula is C24H14Cl8O. The second kappa shape index (κ2) is 12.7. The maximum Gasteiger partial charge on any atom is 0.0800 e. The summed E-state index contributed by atoms with van der Waals surface area (Å²) in [5.74, 6) is 0. The van der Waals surface area contributed by atoms with Gasteiger partial charge in [0.15, 0.2) is 0 Å². The quantitative estimate of drug-likeness (QED) is 0.162. The van der Waals surface area contributed by atoms with Crippen molar-refractivity contribution in [2.45, 2.75) is 0 Å². The van der Waals surface area contributed by atoms with Gasteiger partial charge in [0.05, 0.1) is 40.2 Å². The maximum atomic E-state index is 6.13. The Balaban J connectivity index is 0.000000227. The van der Waals surface area contributed by atoms with E-state index in [-0.39, 0.29) is 25.6 Å². The second-order valence-electron chi connectivity index (χ2n) is 6.43. The molecule has 0 aliphatic rings. The van der Waals surface area contributed by atoms with Crippen molar-refractivity contribution < 1.29 is 5.48 Å². The van der Waals surface area contributed by atoms with Crippen molar-refractivity contribution in [1.82, 2.24) is 0 Å². The van der Waals surface area contributed by atoms with E-state index in [1.54, 1.807) is 12.1 Å². The topological polar surface area (TPSA) is 31.5 Å². The molecule has 4 aromatic rings. The predicted molar refractivity (Wildman–Crippen MR) is 147 cm³/mol. The fourth-order valence-electron chi connectivity index (χ4n) is 2.80. The average Bonchev–Trinajstić information content (AvgIpc) is 2.82. The first-order valence-corrected chi connectivity index (χ1v) is 12.0. The first-order valence-electron chi connectivity index (χ1n) is 8.99. The Labute approximate surface area is 232 Å². The summed E-state index contributed by atoms with van der Waals surface area (Å²) in [4.78, 5) is 0. The highest BCUT2D eigenvalue weighted by Crippen LogP contribution is 2.43. The molecule has 0 aliphatic carbocycles. The minimum atomic E-state index is 0. The van der Waals surface area contributed by atoms with Crippen LogP contribution in [-0.4, -0.2) is 5.48 Å². The summed E-state index contributed by atoms with van der Waals surface area (Å²) in [6.45, 7) is 0. The van der Waals surface area contributed by atoms with Crippen LogP contribution in [0.15, 0.2) is 72.8 Å². The third-order valence-corrected chi connectivity index (χ3v) is 7.88. The third-order valence-electron chi connectivity index (χ3n) is 4.37. The second-order valence-corrected chi connectivity index (χ2v) is 9.51. The summed E-state index contributed by atoms with van der Waals surface area (Å²) >= 11 is 48.0. The van der Waals surface area contributed by atoms with E-state index in [9.17, 15) is 0 Å². The van der Waals surface area contributed by atoms with Crippen molar-refractivity contribution in [3.63, 3.8) is 0 Å². The molecule has 0 saturated heterocycles. The Morgan fingerprint density at radius 2 is 0.667 bits per heavy atom. The molecule has 4 rings (SSSR count). The normalized spacial score (nSPS) is 10.2. The summed E-state index contributed by atoms with van der Waals surface area (Å²) in [5, 5.41) is 2.78. The van der Waals surface area contributed by atoms with Gasteiger partial charge >= 0.3 is 0 Å². The number of benzene rings is 4. The van der Waals surface area contributed by atoms with Gasteiger partial charge in [0.2, 0.25) is 0 Å². The third kappa shape index (κ3) is 6.64. The van der Waals surface area contributed by atoms with Gasteiger partial charge in [0.25, 0.3) is 0 Å². The molecule has 0 atom stereocenters. The van der Waals surface area contributed by atoms with Gasteiger partial charge in [-0.15, -0.1) is 0 Å². The van der Waals surface area contributed by atoms with Gasteiger partial charge in [0.1, 0.15) is 0 Å². The number of halogens is 8. The number of rotatable bonds is 2. The maximum absolute atomic E-state index is 6.13. The van der Waals surface area contributed by atoms with Crippen molar-refractivity contribution >= 4 is 92.8 Å². The molecule has 4 aromatic carbocycles. The summed E-state index contributed by atoms with van der Waals surface area (Å²) in [5.41, 5.74) is 3.46. The summed E-state index contributed by atoms with van der Waals surface area (Å²) in [6, 6.07) is 22.7. The monoisotopic (exact) mass is 598 g/mol. The highest BCUT2D eigenvalue weighted by Gasteiger charge is 2.15. The minimum Gasteiger partial charge on any atom is -0.412 e. The molecule has 0 fully saturated rings. The van der Waals surface area contributed by atoms with Gasteiger partial charge < -0.3 is 5.48 Å². The Morgan fingerprint density at radius 3 is 0.970 bits per heavy atom. The van der Waals surface area contributed by atoms with Crippen molar-refractivity contribution in [1.29, 1.82) is 0 Å². The first kappa shape index (κ1) is 28.4. The van der Waals surface area contributed by atoms with Crippen LogP contribution < -0.4 is 0 Å². The molecule has 0 radical (unpaired) electrons. The molecule has 0 unspecified atom stereocenters. The lowest BCUT2D eigenvalue weighted by Crippen LogP contribution is -1.83. The van der Waals surface area contributed by atoms with Crippen LogP contribution in [0.4, 0.5) is 0 Å². The SMILES string of the molecule is Clc1cc(-c2ccccc2)c(Cl)c(Cl)c1Cl.Clc1cc(-c2ccccc2)c(Cl)c(Cl)c1Cl.O. The van der Waals surface area contributed by atoms with E-state index < -0.39 is 0 Å². The van der Waals surface area contributed by atoms with Crippen LogP contribution >= 0.6 is 92.8 Å². The Morgan fingerprint density at radius 1 is 0.364 bits per heavy atom. The van der Waals surface area contributed by atoms with Crippen molar-refractivity contribution in [2.24, 2.45) is 0 Å². The molecule has 172 valence electrons. The predicted octanol–water partition coefficient (Wildman–Crippen LogP) is 11.1. The summed E-state index contributed by atoms with van der Waals surface area (Å²) in [7, 11) is 0. The first-order chi connectivity index (χ1) is 15.2. The molecule has 0 spiro atoms. The lowest BCUT2D eigenvalue weighted by atomic mass is 10.1. The van der Waals surface area contributed by atoms with E-state index >= 15 is 0 Å². The molecule has 0 amide bonds. The molecule has 9 heteroatoms. The average molecular weight is 602 g/mol. The number of hydrogen-bond acceptors (Lipinski definition) is 0.